The first-order valence-corrected chi connectivity index (χ1v) is 16.4. The smallest absolute Gasteiger partial charge is 0.243 e. The summed E-state index contributed by atoms with van der Waals surface area (Å²) in [6.07, 6.45) is 3.04. The third kappa shape index (κ3) is 9.05. The molecule has 254 valence electrons. The molecular weight excluding hydrogens is 615 g/mol. The standard InChI is InChI=1S/C35H43FN8O4/c1-22(2)18-29-34-38-23(3)42-44(34)17-16-43(33(47)14-13-32(46)39-26-9-6-8-25(36)20-26)15-7-12-31(45)40-30(35(48)41-29)19-24-21-37-28-11-5-4-10-27(24)28/h4-6,8-11,20-22,29-30,37H,7,12-19H2,1-3H3,(H,39,46)(H,40,45)(H,41,48)/t29-,30+/m0/s1. The SMILES string of the molecule is Cc1nc2n(n1)CCN(C(=O)CCC(=O)Nc1cccc(F)c1)CCCC(=O)N[C@H](Cc1c[nH]c3ccccc13)C(=O)N[C@H]2CC(C)C. The van der Waals surface area contributed by atoms with E-state index in [2.05, 4.69) is 44.9 Å². The zero-order chi connectivity index (χ0) is 34.2. The molecule has 0 unspecified atom stereocenters. The molecule has 5 rings (SSSR count). The molecule has 0 aliphatic carbocycles. The number of carbonyl (C=O) groups is 4. The van der Waals surface area contributed by atoms with E-state index in [1.54, 1.807) is 22.6 Å². The Morgan fingerprint density at radius 2 is 1.83 bits per heavy atom. The van der Waals surface area contributed by atoms with Gasteiger partial charge in [0.1, 0.15) is 23.5 Å². The monoisotopic (exact) mass is 658 g/mol. The van der Waals surface area contributed by atoms with E-state index in [1.807, 2.05) is 30.5 Å². The fourth-order valence-corrected chi connectivity index (χ4v) is 6.04. The van der Waals surface area contributed by atoms with Crippen molar-refractivity contribution in [2.24, 2.45) is 5.92 Å². The van der Waals surface area contributed by atoms with E-state index in [9.17, 15) is 23.6 Å². The van der Waals surface area contributed by atoms with Gasteiger partial charge in [0.05, 0.1) is 12.6 Å². The predicted molar refractivity (Wildman–Crippen MR) is 179 cm³/mol. The molecule has 0 saturated carbocycles. The number of nitrogens with zero attached hydrogens (tertiary/aromatic N) is 4. The highest BCUT2D eigenvalue weighted by Gasteiger charge is 2.29. The molecule has 0 fully saturated rings. The van der Waals surface area contributed by atoms with E-state index in [0.717, 1.165) is 16.5 Å². The maximum absolute atomic E-state index is 13.9. The molecule has 2 aromatic carbocycles. The minimum atomic E-state index is -0.846. The fraction of sp³-hybridized carbons (Fsp3) is 0.429. The molecule has 3 heterocycles. The number of benzene rings is 2. The van der Waals surface area contributed by atoms with Gasteiger partial charge in [-0.1, -0.05) is 38.1 Å². The first kappa shape index (κ1) is 34.3. The van der Waals surface area contributed by atoms with Crippen molar-refractivity contribution in [3.63, 3.8) is 0 Å². The van der Waals surface area contributed by atoms with Gasteiger partial charge in [0.25, 0.3) is 0 Å². The summed E-state index contributed by atoms with van der Waals surface area (Å²) in [5.74, 6) is -0.416. The predicted octanol–water partition coefficient (Wildman–Crippen LogP) is 4.18. The maximum Gasteiger partial charge on any atom is 0.243 e. The van der Waals surface area contributed by atoms with Gasteiger partial charge in [-0.3, -0.25) is 19.2 Å². The Hall–Kier alpha value is -5.07. The summed E-state index contributed by atoms with van der Waals surface area (Å²) in [7, 11) is 0. The van der Waals surface area contributed by atoms with Gasteiger partial charge in [-0.15, -0.1) is 0 Å². The van der Waals surface area contributed by atoms with E-state index in [4.69, 9.17) is 0 Å². The number of carbonyl (C=O) groups excluding carboxylic acids is 4. The summed E-state index contributed by atoms with van der Waals surface area (Å²) in [6, 6.07) is 12.0. The average Bonchev–Trinajstić information content (AvgIpc) is 3.63. The van der Waals surface area contributed by atoms with Crippen LogP contribution in [0.5, 0.6) is 0 Å². The Bertz CT molecular complexity index is 1770. The van der Waals surface area contributed by atoms with Gasteiger partial charge in [-0.2, -0.15) is 5.10 Å². The Kier molecular flexibility index (Phi) is 11.2. The summed E-state index contributed by atoms with van der Waals surface area (Å²) in [5.41, 5.74) is 2.17. The molecule has 4 aromatic rings. The number of anilines is 1. The molecule has 12 nitrogen and oxygen atoms in total. The van der Waals surface area contributed by atoms with E-state index in [-0.39, 0.29) is 62.4 Å². The zero-order valence-electron chi connectivity index (χ0n) is 27.6. The zero-order valence-corrected chi connectivity index (χ0v) is 27.6. The Morgan fingerprint density at radius 3 is 2.62 bits per heavy atom. The first-order chi connectivity index (χ1) is 23.0. The fourth-order valence-electron chi connectivity index (χ4n) is 6.04. The van der Waals surface area contributed by atoms with Gasteiger partial charge in [-0.25, -0.2) is 14.1 Å². The quantitative estimate of drug-likeness (QED) is 0.223. The van der Waals surface area contributed by atoms with Crippen LogP contribution in [0.1, 0.15) is 69.2 Å². The lowest BCUT2D eigenvalue weighted by molar-refractivity contribution is -0.133. The second kappa shape index (κ2) is 15.7. The lowest BCUT2D eigenvalue weighted by Gasteiger charge is -2.27. The minimum Gasteiger partial charge on any atom is -0.361 e. The van der Waals surface area contributed by atoms with Gasteiger partial charge < -0.3 is 25.8 Å². The number of nitrogens with one attached hydrogen (secondary N) is 4. The van der Waals surface area contributed by atoms with Crippen LogP contribution in [0.3, 0.4) is 0 Å². The molecule has 4 amide bonds. The molecular formula is C35H43FN8O4. The van der Waals surface area contributed by atoms with Crippen LogP contribution in [0.15, 0.2) is 54.7 Å². The Balaban J connectivity index is 1.35. The van der Waals surface area contributed by atoms with Gasteiger partial charge in [-0.05, 0) is 55.5 Å². The molecule has 2 atom stereocenters. The number of hydrogen-bond acceptors (Lipinski definition) is 6. The van der Waals surface area contributed by atoms with Gasteiger partial charge in [0, 0.05) is 61.6 Å². The van der Waals surface area contributed by atoms with Crippen LogP contribution in [0.2, 0.25) is 0 Å². The number of para-hydroxylation sites is 1. The highest BCUT2D eigenvalue weighted by atomic mass is 19.1. The number of H-pyrrole nitrogens is 1. The Labute approximate surface area is 278 Å². The van der Waals surface area contributed by atoms with Crippen molar-refractivity contribution in [3.8, 4) is 0 Å². The van der Waals surface area contributed by atoms with Crippen LogP contribution in [-0.4, -0.2) is 67.4 Å². The Morgan fingerprint density at radius 1 is 1.02 bits per heavy atom. The average molecular weight is 659 g/mol. The third-order valence-electron chi connectivity index (χ3n) is 8.33. The van der Waals surface area contributed by atoms with Crippen molar-refractivity contribution < 1.29 is 23.6 Å². The molecule has 13 heteroatoms. The summed E-state index contributed by atoms with van der Waals surface area (Å²) in [5, 5.41) is 14.3. The highest BCUT2D eigenvalue weighted by molar-refractivity contribution is 5.93. The van der Waals surface area contributed by atoms with Crippen LogP contribution in [0, 0.1) is 18.7 Å². The summed E-state index contributed by atoms with van der Waals surface area (Å²) in [6.45, 7) is 6.75. The second-order valence-corrected chi connectivity index (χ2v) is 12.7. The van der Waals surface area contributed by atoms with Gasteiger partial charge >= 0.3 is 0 Å². The van der Waals surface area contributed by atoms with Crippen molar-refractivity contribution in [3.05, 3.63) is 77.8 Å². The topological polar surface area (TPSA) is 154 Å². The maximum atomic E-state index is 13.9. The molecule has 1 aliphatic heterocycles. The first-order valence-electron chi connectivity index (χ1n) is 16.4. The number of amides is 4. The highest BCUT2D eigenvalue weighted by Crippen LogP contribution is 2.23. The van der Waals surface area contributed by atoms with E-state index >= 15 is 0 Å². The van der Waals surface area contributed by atoms with E-state index in [1.165, 1.54) is 18.2 Å². The number of fused-ring (bicyclic) bond motifs is 2. The number of aryl methyl sites for hydroxylation is 1. The largest absolute Gasteiger partial charge is 0.361 e. The number of rotatable bonds is 8. The van der Waals surface area contributed by atoms with Crippen molar-refractivity contribution in [2.45, 2.75) is 77.9 Å². The molecule has 4 N–H and O–H groups in total. The van der Waals surface area contributed by atoms with Crippen LogP contribution in [0.25, 0.3) is 10.9 Å². The number of aromatic amines is 1. The summed E-state index contributed by atoms with van der Waals surface area (Å²) >= 11 is 0. The second-order valence-electron chi connectivity index (χ2n) is 12.7. The van der Waals surface area contributed by atoms with Gasteiger partial charge in [0.15, 0.2) is 0 Å². The van der Waals surface area contributed by atoms with Gasteiger partial charge in [0.2, 0.25) is 23.6 Å². The molecule has 0 saturated heterocycles. The minimum absolute atomic E-state index is 0.0602. The van der Waals surface area contributed by atoms with Crippen molar-refractivity contribution in [1.82, 2.24) is 35.3 Å². The lowest BCUT2D eigenvalue weighted by Crippen LogP contribution is -2.49. The molecule has 48 heavy (non-hydrogen) atoms. The van der Waals surface area contributed by atoms with Crippen LogP contribution >= 0.6 is 0 Å². The van der Waals surface area contributed by atoms with E-state index in [0.29, 0.717) is 36.7 Å². The van der Waals surface area contributed by atoms with Crippen molar-refractivity contribution in [2.75, 3.05) is 18.4 Å². The molecule has 0 bridgehead atoms. The number of aromatic nitrogens is 4. The third-order valence-corrected chi connectivity index (χ3v) is 8.33. The summed E-state index contributed by atoms with van der Waals surface area (Å²) < 4.78 is 15.3. The molecule has 0 radical (unpaired) electrons. The van der Waals surface area contributed by atoms with E-state index < -0.39 is 23.8 Å². The molecule has 1 aliphatic rings. The van der Waals surface area contributed by atoms with Crippen molar-refractivity contribution in [1.29, 1.82) is 0 Å². The number of halogens is 1. The molecule has 2 aromatic heterocycles. The molecule has 0 spiro atoms. The normalized spacial score (nSPS) is 17.8. The van der Waals surface area contributed by atoms with Crippen LogP contribution < -0.4 is 16.0 Å². The lowest BCUT2D eigenvalue weighted by atomic mass is 10.0. The van der Waals surface area contributed by atoms with Crippen molar-refractivity contribution >= 4 is 40.2 Å². The number of hydrogen-bond donors (Lipinski definition) is 4. The summed E-state index contributed by atoms with van der Waals surface area (Å²) in [4.78, 5) is 62.7. The van der Waals surface area contributed by atoms with Crippen LogP contribution in [-0.2, 0) is 32.1 Å². The van der Waals surface area contributed by atoms with Crippen LogP contribution in [0.4, 0.5) is 10.1 Å².